The van der Waals surface area contributed by atoms with Crippen LogP contribution in [0.15, 0.2) is 89.8 Å². The van der Waals surface area contributed by atoms with Crippen molar-refractivity contribution < 1.29 is 27.5 Å². The predicted octanol–water partition coefficient (Wildman–Crippen LogP) is 4.29. The molecule has 8 heteroatoms. The highest BCUT2D eigenvalue weighted by molar-refractivity contribution is 7.92. The van der Waals surface area contributed by atoms with Crippen LogP contribution >= 0.6 is 0 Å². The van der Waals surface area contributed by atoms with Crippen LogP contribution in [0.1, 0.15) is 23.1 Å². The van der Waals surface area contributed by atoms with Crippen molar-refractivity contribution in [2.75, 3.05) is 6.54 Å². The highest BCUT2D eigenvalue weighted by Gasteiger charge is 2.46. The zero-order valence-electron chi connectivity index (χ0n) is 19.4. The number of rotatable bonds is 7. The summed E-state index contributed by atoms with van der Waals surface area (Å²) in [7, 11) is -3.78. The van der Waals surface area contributed by atoms with Gasteiger partial charge in [-0.1, -0.05) is 78.4 Å². The van der Waals surface area contributed by atoms with E-state index in [9.17, 15) is 18.0 Å². The van der Waals surface area contributed by atoms with Gasteiger partial charge in [-0.25, -0.2) is 18.0 Å². The predicted molar refractivity (Wildman–Crippen MR) is 130 cm³/mol. The number of benzene rings is 3. The standard InChI is InChI=1S/C27H27NO6S/c1-20-12-14-23(15-13-20)35(31,32)24-16-25(26(29)33-18-21-8-4-2-5-9-21)28(17-24)27(30)34-19-22-10-6-3-7-11-22/h2-15,24-25H,16-19H2,1H3/t24?,25-/m0/s1. The summed E-state index contributed by atoms with van der Waals surface area (Å²) in [5.41, 5.74) is 2.51. The van der Waals surface area contributed by atoms with Crippen molar-refractivity contribution >= 4 is 21.9 Å². The van der Waals surface area contributed by atoms with E-state index in [4.69, 9.17) is 9.47 Å². The van der Waals surface area contributed by atoms with Gasteiger partial charge in [0.05, 0.1) is 10.1 Å². The number of likely N-dealkylation sites (tertiary alicyclic amines) is 1. The molecular formula is C27H27NO6S. The van der Waals surface area contributed by atoms with Gasteiger partial charge < -0.3 is 9.47 Å². The second kappa shape index (κ2) is 10.7. The number of ether oxygens (including phenoxy) is 2. The fourth-order valence-electron chi connectivity index (χ4n) is 3.99. The molecule has 1 aliphatic rings. The van der Waals surface area contributed by atoms with Crippen LogP contribution in [0.25, 0.3) is 0 Å². The zero-order valence-corrected chi connectivity index (χ0v) is 20.2. The molecule has 0 bridgehead atoms. The average molecular weight is 494 g/mol. The van der Waals surface area contributed by atoms with E-state index in [0.29, 0.717) is 0 Å². The molecule has 182 valence electrons. The first-order chi connectivity index (χ1) is 16.8. The van der Waals surface area contributed by atoms with Gasteiger partial charge in [-0.3, -0.25) is 4.90 Å². The summed E-state index contributed by atoms with van der Waals surface area (Å²) in [6.07, 6.45) is -0.818. The van der Waals surface area contributed by atoms with Crippen LogP contribution in [-0.4, -0.2) is 43.2 Å². The molecule has 0 aliphatic carbocycles. The number of aryl methyl sites for hydroxylation is 1. The van der Waals surface area contributed by atoms with Crippen LogP contribution in [0.5, 0.6) is 0 Å². The monoisotopic (exact) mass is 493 g/mol. The summed E-state index contributed by atoms with van der Waals surface area (Å²) in [4.78, 5) is 27.3. The van der Waals surface area contributed by atoms with Crippen LogP contribution in [0.4, 0.5) is 4.79 Å². The Labute approximate surface area is 205 Å². The van der Waals surface area contributed by atoms with Gasteiger partial charge in [0.15, 0.2) is 9.84 Å². The molecule has 0 radical (unpaired) electrons. The Kier molecular flexibility index (Phi) is 7.51. The maximum absolute atomic E-state index is 13.3. The molecule has 3 aromatic rings. The molecule has 4 rings (SSSR count). The second-order valence-electron chi connectivity index (χ2n) is 8.52. The number of hydrogen-bond donors (Lipinski definition) is 0. The SMILES string of the molecule is Cc1ccc(S(=O)(=O)C2C[C@@H](C(=O)OCc3ccccc3)N(C(=O)OCc3ccccc3)C2)cc1. The van der Waals surface area contributed by atoms with Gasteiger partial charge in [0.1, 0.15) is 19.3 Å². The largest absolute Gasteiger partial charge is 0.459 e. The molecule has 3 aromatic carbocycles. The van der Waals surface area contributed by atoms with E-state index in [2.05, 4.69) is 0 Å². The third-order valence-corrected chi connectivity index (χ3v) is 8.14. The Morgan fingerprint density at radius 1 is 0.829 bits per heavy atom. The first-order valence-corrected chi connectivity index (χ1v) is 12.9. The molecule has 0 N–H and O–H groups in total. The molecule has 2 atom stereocenters. The highest BCUT2D eigenvalue weighted by atomic mass is 32.2. The van der Waals surface area contributed by atoms with Crippen molar-refractivity contribution in [2.24, 2.45) is 0 Å². The van der Waals surface area contributed by atoms with Gasteiger partial charge in [0.2, 0.25) is 0 Å². The van der Waals surface area contributed by atoms with Gasteiger partial charge in [-0.05, 0) is 36.6 Å². The van der Waals surface area contributed by atoms with E-state index < -0.39 is 33.2 Å². The molecule has 1 unspecified atom stereocenters. The van der Waals surface area contributed by atoms with Crippen LogP contribution in [0, 0.1) is 6.92 Å². The van der Waals surface area contributed by atoms with Crippen LogP contribution in [-0.2, 0) is 37.3 Å². The summed E-state index contributed by atoms with van der Waals surface area (Å²) in [5.74, 6) is -0.660. The minimum Gasteiger partial charge on any atom is -0.459 e. The summed E-state index contributed by atoms with van der Waals surface area (Å²) in [6.45, 7) is 1.75. The number of hydrogen-bond acceptors (Lipinski definition) is 6. The Hall–Kier alpha value is -3.65. The van der Waals surface area contributed by atoms with Crippen molar-refractivity contribution in [3.63, 3.8) is 0 Å². The Morgan fingerprint density at radius 2 is 1.37 bits per heavy atom. The molecule has 1 saturated heterocycles. The summed E-state index contributed by atoms with van der Waals surface area (Å²) >= 11 is 0. The molecule has 0 aromatic heterocycles. The quantitative estimate of drug-likeness (QED) is 0.456. The van der Waals surface area contributed by atoms with Crippen molar-refractivity contribution in [1.82, 2.24) is 4.90 Å². The summed E-state index contributed by atoms with van der Waals surface area (Å²) < 4.78 is 37.5. The Bertz CT molecular complexity index is 1200. The van der Waals surface area contributed by atoms with Crippen molar-refractivity contribution in [3.8, 4) is 0 Å². The normalized spacial score (nSPS) is 17.7. The number of esters is 1. The Balaban J connectivity index is 1.52. The van der Waals surface area contributed by atoms with E-state index in [1.807, 2.05) is 67.6 Å². The number of amides is 1. The minimum absolute atomic E-state index is 0.0112. The highest BCUT2D eigenvalue weighted by Crippen LogP contribution is 2.30. The molecular weight excluding hydrogens is 466 g/mol. The van der Waals surface area contributed by atoms with Crippen LogP contribution in [0.2, 0.25) is 0 Å². The molecule has 0 saturated carbocycles. The molecule has 1 fully saturated rings. The summed E-state index contributed by atoms with van der Waals surface area (Å²) in [5, 5.41) is -0.955. The molecule has 35 heavy (non-hydrogen) atoms. The lowest BCUT2D eigenvalue weighted by atomic mass is 10.2. The molecule has 0 spiro atoms. The molecule has 1 aliphatic heterocycles. The van der Waals surface area contributed by atoms with Crippen molar-refractivity contribution in [3.05, 3.63) is 102 Å². The molecule has 1 amide bonds. The smallest absolute Gasteiger partial charge is 0.410 e. The van der Waals surface area contributed by atoms with Crippen LogP contribution in [0.3, 0.4) is 0 Å². The number of nitrogens with zero attached hydrogens (tertiary/aromatic N) is 1. The lowest BCUT2D eigenvalue weighted by Gasteiger charge is -2.22. The van der Waals surface area contributed by atoms with Gasteiger partial charge >= 0.3 is 12.1 Å². The van der Waals surface area contributed by atoms with Crippen molar-refractivity contribution in [1.29, 1.82) is 0 Å². The molecule has 7 nitrogen and oxygen atoms in total. The molecule has 1 heterocycles. The van der Waals surface area contributed by atoms with Gasteiger partial charge in [-0.15, -0.1) is 0 Å². The van der Waals surface area contributed by atoms with E-state index >= 15 is 0 Å². The maximum atomic E-state index is 13.3. The fraction of sp³-hybridized carbons (Fsp3) is 0.259. The maximum Gasteiger partial charge on any atom is 0.410 e. The third kappa shape index (κ3) is 5.89. The minimum atomic E-state index is -3.78. The number of sulfone groups is 1. The first-order valence-electron chi connectivity index (χ1n) is 11.3. The lowest BCUT2D eigenvalue weighted by molar-refractivity contribution is -0.149. The number of carbonyl (C=O) groups excluding carboxylic acids is 2. The van der Waals surface area contributed by atoms with E-state index in [0.717, 1.165) is 16.7 Å². The van der Waals surface area contributed by atoms with Crippen LogP contribution < -0.4 is 0 Å². The van der Waals surface area contributed by atoms with E-state index in [1.165, 1.54) is 4.90 Å². The van der Waals surface area contributed by atoms with Crippen molar-refractivity contribution in [2.45, 2.75) is 42.7 Å². The van der Waals surface area contributed by atoms with E-state index in [1.54, 1.807) is 24.3 Å². The average Bonchev–Trinajstić information content (AvgIpc) is 3.34. The first kappa shape index (κ1) is 24.5. The van der Waals surface area contributed by atoms with Gasteiger partial charge in [0.25, 0.3) is 0 Å². The van der Waals surface area contributed by atoms with Gasteiger partial charge in [-0.2, -0.15) is 0 Å². The zero-order chi connectivity index (χ0) is 24.8. The Morgan fingerprint density at radius 3 is 1.94 bits per heavy atom. The second-order valence-corrected chi connectivity index (χ2v) is 10.7. The topological polar surface area (TPSA) is 90.0 Å². The third-order valence-electron chi connectivity index (χ3n) is 5.99. The van der Waals surface area contributed by atoms with E-state index in [-0.39, 0.29) is 31.1 Å². The van der Waals surface area contributed by atoms with Gasteiger partial charge in [0, 0.05) is 6.54 Å². The fourth-order valence-corrected chi connectivity index (χ4v) is 5.69. The summed E-state index contributed by atoms with van der Waals surface area (Å²) in [6, 6.07) is 23.8. The lowest BCUT2D eigenvalue weighted by Crippen LogP contribution is -2.41. The number of carbonyl (C=O) groups is 2.